The van der Waals surface area contributed by atoms with Crippen LogP contribution >= 0.6 is 11.6 Å². The Hall–Kier alpha value is -4.10. The molecule has 0 radical (unpaired) electrons. The molecule has 0 saturated carbocycles. The first-order chi connectivity index (χ1) is 16.5. The molecule has 172 valence electrons. The van der Waals surface area contributed by atoms with Gasteiger partial charge in [0.1, 0.15) is 23.6 Å². The monoisotopic (exact) mass is 476 g/mol. The van der Waals surface area contributed by atoms with E-state index in [1.807, 2.05) is 24.3 Å². The Morgan fingerprint density at radius 1 is 0.853 bits per heavy atom. The molecule has 7 nitrogen and oxygen atoms in total. The summed E-state index contributed by atoms with van der Waals surface area (Å²) in [6.07, 6.45) is 0. The summed E-state index contributed by atoms with van der Waals surface area (Å²) in [5, 5.41) is 5.21. The first kappa shape index (κ1) is 23.1. The van der Waals surface area contributed by atoms with Crippen molar-refractivity contribution in [2.24, 2.45) is 0 Å². The van der Waals surface area contributed by atoms with E-state index < -0.39 is 11.9 Å². The van der Waals surface area contributed by atoms with Gasteiger partial charge < -0.3 is 14.2 Å². The van der Waals surface area contributed by atoms with Crippen molar-refractivity contribution in [3.8, 4) is 22.7 Å². The molecule has 0 spiro atoms. The summed E-state index contributed by atoms with van der Waals surface area (Å²) < 4.78 is 17.1. The van der Waals surface area contributed by atoms with Crippen molar-refractivity contribution in [3.63, 3.8) is 0 Å². The van der Waals surface area contributed by atoms with Crippen LogP contribution in [0.1, 0.15) is 26.4 Å². The van der Waals surface area contributed by atoms with Crippen LogP contribution in [0.2, 0.25) is 5.02 Å². The fraction of sp³-hybridized carbons (Fsp3) is 0.115. The Morgan fingerprint density at radius 3 is 2.15 bits per heavy atom. The Morgan fingerprint density at radius 2 is 1.50 bits per heavy atom. The molecule has 0 amide bonds. The summed E-state index contributed by atoms with van der Waals surface area (Å²) in [6.45, 7) is 0.307. The van der Waals surface area contributed by atoms with Gasteiger partial charge in [0.25, 0.3) is 0 Å². The van der Waals surface area contributed by atoms with E-state index in [9.17, 15) is 9.59 Å². The number of carbonyl (C=O) groups excluding carboxylic acids is 2. The molecule has 8 heteroatoms. The van der Waals surface area contributed by atoms with Crippen molar-refractivity contribution in [2.75, 3.05) is 14.2 Å². The van der Waals surface area contributed by atoms with Crippen LogP contribution in [0.25, 0.3) is 16.9 Å². The minimum atomic E-state index is -0.706. The Balaban J connectivity index is 1.73. The van der Waals surface area contributed by atoms with Gasteiger partial charge in [-0.25, -0.2) is 14.3 Å². The molecule has 0 aliphatic rings. The smallest absolute Gasteiger partial charge is 0.357 e. The van der Waals surface area contributed by atoms with Gasteiger partial charge in [0.15, 0.2) is 5.69 Å². The first-order valence-corrected chi connectivity index (χ1v) is 10.7. The number of methoxy groups -OCH3 is 2. The molecule has 0 unspecified atom stereocenters. The zero-order chi connectivity index (χ0) is 24.1. The van der Waals surface area contributed by atoms with E-state index in [1.165, 1.54) is 18.9 Å². The minimum Gasteiger partial charge on any atom is -0.489 e. The highest BCUT2D eigenvalue weighted by molar-refractivity contribution is 6.31. The minimum absolute atomic E-state index is 0.0166. The van der Waals surface area contributed by atoms with Crippen molar-refractivity contribution >= 4 is 23.5 Å². The molecule has 0 fully saturated rings. The molecule has 0 bridgehead atoms. The van der Waals surface area contributed by atoms with Crippen LogP contribution in [0, 0.1) is 0 Å². The lowest BCUT2D eigenvalue weighted by atomic mass is 10.1. The second-order valence-corrected chi connectivity index (χ2v) is 7.61. The molecule has 4 aromatic rings. The number of esters is 2. The number of halogens is 1. The summed E-state index contributed by atoms with van der Waals surface area (Å²) in [6, 6.07) is 23.5. The number of hydrogen-bond acceptors (Lipinski definition) is 6. The number of para-hydroxylation sites is 1. The third-order valence-corrected chi connectivity index (χ3v) is 5.50. The highest BCUT2D eigenvalue weighted by Gasteiger charge is 2.31. The normalized spacial score (nSPS) is 10.6. The molecular formula is C26H21ClN2O5. The third-order valence-electron chi connectivity index (χ3n) is 5.13. The van der Waals surface area contributed by atoms with E-state index in [0.717, 1.165) is 5.56 Å². The Kier molecular flexibility index (Phi) is 6.94. The second kappa shape index (κ2) is 10.2. The largest absolute Gasteiger partial charge is 0.489 e. The highest BCUT2D eigenvalue weighted by atomic mass is 35.5. The zero-order valence-corrected chi connectivity index (χ0v) is 19.3. The molecule has 0 aliphatic heterocycles. The number of carbonyl (C=O) groups is 2. The van der Waals surface area contributed by atoms with Crippen LogP contribution in [0.3, 0.4) is 0 Å². The number of ether oxygens (including phenoxy) is 3. The molecule has 3 aromatic carbocycles. The van der Waals surface area contributed by atoms with Crippen LogP contribution < -0.4 is 4.74 Å². The lowest BCUT2D eigenvalue weighted by Crippen LogP contribution is -2.15. The summed E-state index contributed by atoms with van der Waals surface area (Å²) in [4.78, 5) is 25.4. The van der Waals surface area contributed by atoms with Crippen LogP contribution in [-0.4, -0.2) is 35.9 Å². The van der Waals surface area contributed by atoms with Crippen molar-refractivity contribution < 1.29 is 23.8 Å². The van der Waals surface area contributed by atoms with Crippen LogP contribution in [0.15, 0.2) is 78.9 Å². The van der Waals surface area contributed by atoms with Gasteiger partial charge in [-0.1, -0.05) is 48.0 Å². The van der Waals surface area contributed by atoms with E-state index in [2.05, 4.69) is 5.10 Å². The first-order valence-electron chi connectivity index (χ1n) is 10.3. The zero-order valence-electron chi connectivity index (χ0n) is 18.5. The second-order valence-electron chi connectivity index (χ2n) is 7.21. The maximum absolute atomic E-state index is 12.7. The fourth-order valence-electron chi connectivity index (χ4n) is 3.44. The van der Waals surface area contributed by atoms with Crippen molar-refractivity contribution in [3.05, 3.63) is 101 Å². The topological polar surface area (TPSA) is 79.7 Å². The Bertz CT molecular complexity index is 1320. The van der Waals surface area contributed by atoms with Gasteiger partial charge in [-0.15, -0.1) is 0 Å². The van der Waals surface area contributed by atoms with Gasteiger partial charge >= 0.3 is 11.9 Å². The molecule has 0 N–H and O–H groups in total. The molecule has 4 rings (SSSR count). The third kappa shape index (κ3) is 4.65. The predicted molar refractivity (Wildman–Crippen MR) is 127 cm³/mol. The highest BCUT2D eigenvalue weighted by Crippen LogP contribution is 2.30. The van der Waals surface area contributed by atoms with Gasteiger partial charge in [-0.2, -0.15) is 5.10 Å². The number of nitrogens with zero attached hydrogens (tertiary/aromatic N) is 2. The maximum atomic E-state index is 12.7. The maximum Gasteiger partial charge on any atom is 0.357 e. The number of benzene rings is 3. The van der Waals surface area contributed by atoms with Crippen molar-refractivity contribution in [1.29, 1.82) is 0 Å². The lowest BCUT2D eigenvalue weighted by molar-refractivity contribution is 0.0549. The average Bonchev–Trinajstić information content (AvgIpc) is 3.29. The van der Waals surface area contributed by atoms with Gasteiger partial charge in [0.05, 0.1) is 19.9 Å². The predicted octanol–water partition coefficient (Wildman–Crippen LogP) is 5.34. The fourth-order valence-corrected chi connectivity index (χ4v) is 3.63. The number of aromatic nitrogens is 2. The van der Waals surface area contributed by atoms with Gasteiger partial charge in [-0.3, -0.25) is 0 Å². The summed E-state index contributed by atoms with van der Waals surface area (Å²) >= 11 is 6.19. The van der Waals surface area contributed by atoms with Crippen LogP contribution in [0.5, 0.6) is 5.75 Å². The molecule has 1 heterocycles. The quantitative estimate of drug-likeness (QED) is 0.335. The average molecular weight is 477 g/mol. The number of hydrogen-bond donors (Lipinski definition) is 0. The van der Waals surface area contributed by atoms with Crippen LogP contribution in [0.4, 0.5) is 0 Å². The SMILES string of the molecule is COC(=O)c1c(-c2ccc(OCc3ccccc3Cl)cc2)nn(-c2ccccc2)c1C(=O)OC. The molecule has 0 saturated heterocycles. The number of rotatable bonds is 7. The summed E-state index contributed by atoms with van der Waals surface area (Å²) in [5.41, 5.74) is 2.35. The standard InChI is InChI=1S/C26H21ClN2O5/c1-32-25(30)22-23(28-29(24(22)26(31)33-2)19-9-4-3-5-10-19)17-12-14-20(15-13-17)34-16-18-8-6-7-11-21(18)27/h3-15H,16H2,1-2H3. The van der Waals surface area contributed by atoms with E-state index >= 15 is 0 Å². The molecule has 34 heavy (non-hydrogen) atoms. The van der Waals surface area contributed by atoms with Crippen LogP contribution in [-0.2, 0) is 16.1 Å². The molecule has 0 atom stereocenters. The molecule has 1 aromatic heterocycles. The van der Waals surface area contributed by atoms with Gasteiger partial charge in [0, 0.05) is 16.1 Å². The molecular weight excluding hydrogens is 456 g/mol. The van der Waals surface area contributed by atoms with Gasteiger partial charge in [0.2, 0.25) is 0 Å². The van der Waals surface area contributed by atoms with Crippen molar-refractivity contribution in [2.45, 2.75) is 6.61 Å². The summed E-state index contributed by atoms with van der Waals surface area (Å²) in [7, 11) is 2.50. The van der Waals surface area contributed by atoms with E-state index in [4.69, 9.17) is 25.8 Å². The van der Waals surface area contributed by atoms with E-state index in [0.29, 0.717) is 28.6 Å². The van der Waals surface area contributed by atoms with E-state index in [-0.39, 0.29) is 17.0 Å². The summed E-state index contributed by atoms with van der Waals surface area (Å²) in [5.74, 6) is -0.793. The Labute approximate surface area is 201 Å². The molecule has 0 aliphatic carbocycles. The lowest BCUT2D eigenvalue weighted by Gasteiger charge is -2.08. The van der Waals surface area contributed by atoms with Crippen molar-refractivity contribution in [1.82, 2.24) is 9.78 Å². The van der Waals surface area contributed by atoms with Gasteiger partial charge in [-0.05, 0) is 42.5 Å². The van der Waals surface area contributed by atoms with E-state index in [1.54, 1.807) is 54.6 Å².